The van der Waals surface area contributed by atoms with Crippen molar-refractivity contribution in [2.24, 2.45) is 0 Å². The number of ether oxygens (including phenoxy) is 2. The Morgan fingerprint density at radius 1 is 1.38 bits per heavy atom. The minimum absolute atomic E-state index is 0.452. The van der Waals surface area contributed by atoms with Gasteiger partial charge in [0.25, 0.3) is 0 Å². The molecule has 16 heavy (non-hydrogen) atoms. The number of rotatable bonds is 5. The predicted octanol–water partition coefficient (Wildman–Crippen LogP) is 3.33. The summed E-state index contributed by atoms with van der Waals surface area (Å²) in [4.78, 5) is 0. The van der Waals surface area contributed by atoms with Gasteiger partial charge in [-0.25, -0.2) is 0 Å². The van der Waals surface area contributed by atoms with E-state index in [1.165, 1.54) is 0 Å². The van der Waals surface area contributed by atoms with Crippen molar-refractivity contribution >= 4 is 7.37 Å². The summed E-state index contributed by atoms with van der Waals surface area (Å²) in [5.74, 6) is 0.678. The molecule has 0 aromatic heterocycles. The summed E-state index contributed by atoms with van der Waals surface area (Å²) in [6.45, 7) is 10.2. The Kier molecular flexibility index (Phi) is 4.22. The van der Waals surface area contributed by atoms with E-state index in [1.807, 2.05) is 33.8 Å². The molecule has 0 aromatic carbocycles. The van der Waals surface area contributed by atoms with Crippen LogP contribution in [-0.4, -0.2) is 24.4 Å². The molecule has 4 nitrogen and oxygen atoms in total. The quantitative estimate of drug-likeness (QED) is 0.553. The zero-order valence-electron chi connectivity index (χ0n) is 10.6. The van der Waals surface area contributed by atoms with Crippen LogP contribution in [0.15, 0.2) is 11.8 Å². The Hall–Kier alpha value is -0.310. The van der Waals surface area contributed by atoms with E-state index in [2.05, 4.69) is 0 Å². The summed E-state index contributed by atoms with van der Waals surface area (Å²) in [6.07, 6.45) is 1.87. The van der Waals surface area contributed by atoms with Crippen LogP contribution in [0.1, 0.15) is 34.6 Å². The maximum absolute atomic E-state index is 12.8. The van der Waals surface area contributed by atoms with Gasteiger partial charge in [0, 0.05) is 13.2 Å². The topological polar surface area (TPSA) is 44.8 Å². The van der Waals surface area contributed by atoms with E-state index in [9.17, 15) is 4.57 Å². The first-order valence-electron chi connectivity index (χ1n) is 5.59. The lowest BCUT2D eigenvalue weighted by atomic mass is 10.2. The Balaban J connectivity index is 2.96. The summed E-state index contributed by atoms with van der Waals surface area (Å²) >= 11 is 0. The lowest BCUT2D eigenvalue weighted by Crippen LogP contribution is -2.27. The third-order valence-corrected chi connectivity index (χ3v) is 5.68. The van der Waals surface area contributed by atoms with Crippen LogP contribution in [0.5, 0.6) is 0 Å². The van der Waals surface area contributed by atoms with Crippen LogP contribution in [0, 0.1) is 0 Å². The predicted molar refractivity (Wildman–Crippen MR) is 63.6 cm³/mol. The molecule has 0 aliphatic carbocycles. The van der Waals surface area contributed by atoms with Gasteiger partial charge in [0.2, 0.25) is 6.03 Å². The van der Waals surface area contributed by atoms with Crippen molar-refractivity contribution in [3.63, 3.8) is 0 Å². The maximum atomic E-state index is 12.8. The minimum atomic E-state index is -3.01. The first kappa shape index (κ1) is 13.8. The van der Waals surface area contributed by atoms with Crippen molar-refractivity contribution in [3.05, 3.63) is 11.8 Å². The highest BCUT2D eigenvalue weighted by atomic mass is 31.2. The number of hydrogen-bond acceptors (Lipinski definition) is 4. The molecule has 1 atom stereocenters. The molecule has 0 saturated carbocycles. The monoisotopic (exact) mass is 248 g/mol. The summed E-state index contributed by atoms with van der Waals surface area (Å²) in [6, 6.07) is -0.772. The zero-order chi connectivity index (χ0) is 12.4. The molecule has 1 aliphatic rings. The van der Waals surface area contributed by atoms with Crippen LogP contribution < -0.4 is 0 Å². The normalized spacial score (nSPS) is 28.0. The summed E-state index contributed by atoms with van der Waals surface area (Å²) in [5, 5.41) is -0.536. The van der Waals surface area contributed by atoms with Crippen LogP contribution in [-0.2, 0) is 18.6 Å². The van der Waals surface area contributed by atoms with Gasteiger partial charge < -0.3 is 14.0 Å². The van der Waals surface area contributed by atoms with E-state index in [4.69, 9.17) is 14.0 Å². The third kappa shape index (κ3) is 2.34. The van der Waals surface area contributed by atoms with Crippen molar-refractivity contribution in [1.29, 1.82) is 0 Å². The molecule has 0 saturated heterocycles. The fourth-order valence-electron chi connectivity index (χ4n) is 1.79. The fraction of sp³-hybridized carbons (Fsp3) is 0.818. The molecular weight excluding hydrogens is 227 g/mol. The van der Waals surface area contributed by atoms with Gasteiger partial charge in [-0.1, -0.05) is 0 Å². The van der Waals surface area contributed by atoms with Crippen molar-refractivity contribution in [3.8, 4) is 0 Å². The Morgan fingerprint density at radius 2 is 1.88 bits per heavy atom. The summed E-state index contributed by atoms with van der Waals surface area (Å²) in [7, 11) is -3.01. The van der Waals surface area contributed by atoms with Crippen LogP contribution in [0.2, 0.25) is 0 Å². The first-order chi connectivity index (χ1) is 7.37. The molecule has 0 radical (unpaired) electrons. The van der Waals surface area contributed by atoms with Crippen LogP contribution in [0.25, 0.3) is 0 Å². The van der Waals surface area contributed by atoms with Gasteiger partial charge in [0.05, 0.1) is 10.9 Å². The molecule has 0 spiro atoms. The third-order valence-electron chi connectivity index (χ3n) is 2.54. The van der Waals surface area contributed by atoms with E-state index >= 15 is 0 Å². The smallest absolute Gasteiger partial charge is 0.311 e. The summed E-state index contributed by atoms with van der Waals surface area (Å²) < 4.78 is 29.1. The lowest BCUT2D eigenvalue weighted by molar-refractivity contribution is -0.0883. The number of allylic oxidation sites excluding steroid dienone is 2. The molecular formula is C11H21O4P. The average Bonchev–Trinajstić information content (AvgIpc) is 2.36. The largest absolute Gasteiger partial charge is 0.444 e. The highest BCUT2D eigenvalue weighted by Crippen LogP contribution is 2.68. The standard InChI is InChI=1S/C11H21O4P/c1-6-13-10(14-7-2)16(12)11(4,5)8-9(3)15-16/h8,10H,6-7H2,1-5H3. The average molecular weight is 248 g/mol. The molecule has 1 heterocycles. The number of hydrogen-bond donors (Lipinski definition) is 0. The first-order valence-corrected chi connectivity index (χ1v) is 7.29. The molecule has 1 aliphatic heterocycles. The van der Waals surface area contributed by atoms with Crippen molar-refractivity contribution in [2.45, 2.75) is 45.8 Å². The van der Waals surface area contributed by atoms with Crippen LogP contribution >= 0.6 is 7.37 Å². The highest BCUT2D eigenvalue weighted by Gasteiger charge is 2.53. The van der Waals surface area contributed by atoms with Crippen molar-refractivity contribution in [1.82, 2.24) is 0 Å². The van der Waals surface area contributed by atoms with Crippen LogP contribution in [0.4, 0.5) is 0 Å². The van der Waals surface area contributed by atoms with Crippen molar-refractivity contribution in [2.75, 3.05) is 13.2 Å². The van der Waals surface area contributed by atoms with Gasteiger partial charge in [-0.3, -0.25) is 4.57 Å². The van der Waals surface area contributed by atoms with Crippen LogP contribution in [0.3, 0.4) is 0 Å². The minimum Gasteiger partial charge on any atom is -0.444 e. The van der Waals surface area contributed by atoms with E-state index in [-0.39, 0.29) is 0 Å². The molecule has 0 bridgehead atoms. The molecule has 0 aromatic rings. The Morgan fingerprint density at radius 3 is 2.19 bits per heavy atom. The fourth-order valence-corrected chi connectivity index (χ4v) is 4.19. The highest BCUT2D eigenvalue weighted by molar-refractivity contribution is 7.61. The molecule has 94 valence electrons. The van der Waals surface area contributed by atoms with Gasteiger partial charge in [-0.2, -0.15) is 0 Å². The van der Waals surface area contributed by atoms with E-state index in [0.29, 0.717) is 19.0 Å². The van der Waals surface area contributed by atoms with Gasteiger partial charge in [0.1, 0.15) is 0 Å². The second-order valence-corrected chi connectivity index (χ2v) is 7.27. The van der Waals surface area contributed by atoms with Gasteiger partial charge in [-0.15, -0.1) is 0 Å². The molecule has 0 N–H and O–H groups in total. The molecule has 1 rings (SSSR count). The second kappa shape index (κ2) is 4.91. The van der Waals surface area contributed by atoms with Crippen molar-refractivity contribution < 1.29 is 18.6 Å². The Bertz CT molecular complexity index is 316. The van der Waals surface area contributed by atoms with Gasteiger partial charge in [-0.05, 0) is 40.7 Å². The second-order valence-electron chi connectivity index (χ2n) is 4.31. The molecule has 5 heteroatoms. The molecule has 1 unspecified atom stereocenters. The lowest BCUT2D eigenvalue weighted by Gasteiger charge is -2.31. The summed E-state index contributed by atoms with van der Waals surface area (Å²) in [5.41, 5.74) is 0. The van der Waals surface area contributed by atoms with Gasteiger partial charge in [0.15, 0.2) is 0 Å². The zero-order valence-corrected chi connectivity index (χ0v) is 11.5. The molecule has 0 amide bonds. The van der Waals surface area contributed by atoms with Gasteiger partial charge >= 0.3 is 7.37 Å². The maximum Gasteiger partial charge on any atom is 0.311 e. The van der Waals surface area contributed by atoms with E-state index in [1.54, 1.807) is 6.92 Å². The van der Waals surface area contributed by atoms with E-state index in [0.717, 1.165) is 0 Å². The SMILES string of the molecule is CCOC(OCC)P1(=O)OC(C)=CC1(C)C. The van der Waals surface area contributed by atoms with E-state index < -0.39 is 18.6 Å². The molecule has 0 fully saturated rings. The Labute approximate surface area is 97.4 Å².